The first-order valence-electron chi connectivity index (χ1n) is 6.95. The zero-order valence-corrected chi connectivity index (χ0v) is 11.9. The van der Waals surface area contributed by atoms with Gasteiger partial charge < -0.3 is 15.1 Å². The van der Waals surface area contributed by atoms with E-state index < -0.39 is 0 Å². The zero-order chi connectivity index (χ0) is 13.1. The van der Waals surface area contributed by atoms with E-state index in [2.05, 4.69) is 22.2 Å². The summed E-state index contributed by atoms with van der Waals surface area (Å²) in [6, 6.07) is 0.611. The SMILES string of the molecule is CN1CCC(N2CCNCC2C(=O)N(C)C)CC1. The molecule has 2 aliphatic rings. The average molecular weight is 254 g/mol. The number of nitrogens with zero attached hydrogens (tertiary/aromatic N) is 3. The van der Waals surface area contributed by atoms with Gasteiger partial charge in [-0.1, -0.05) is 0 Å². The van der Waals surface area contributed by atoms with E-state index in [1.54, 1.807) is 4.90 Å². The predicted octanol–water partition coefficient (Wildman–Crippen LogP) is -0.557. The average Bonchev–Trinajstić information content (AvgIpc) is 2.39. The molecule has 0 spiro atoms. The van der Waals surface area contributed by atoms with Crippen LogP contribution in [0.15, 0.2) is 0 Å². The molecule has 5 heteroatoms. The highest BCUT2D eigenvalue weighted by Gasteiger charge is 2.35. The van der Waals surface area contributed by atoms with E-state index in [4.69, 9.17) is 0 Å². The van der Waals surface area contributed by atoms with E-state index in [-0.39, 0.29) is 11.9 Å². The lowest BCUT2D eigenvalue weighted by Gasteiger charge is -2.44. The van der Waals surface area contributed by atoms with Crippen molar-refractivity contribution in [1.29, 1.82) is 0 Å². The monoisotopic (exact) mass is 254 g/mol. The molecule has 1 amide bonds. The third-order valence-electron chi connectivity index (χ3n) is 4.17. The third kappa shape index (κ3) is 3.02. The predicted molar refractivity (Wildman–Crippen MR) is 72.6 cm³/mol. The van der Waals surface area contributed by atoms with Crippen molar-refractivity contribution >= 4 is 5.91 Å². The number of hydrogen-bond acceptors (Lipinski definition) is 4. The summed E-state index contributed by atoms with van der Waals surface area (Å²) >= 11 is 0. The van der Waals surface area contributed by atoms with Crippen LogP contribution in [-0.4, -0.2) is 86.6 Å². The minimum absolute atomic E-state index is 0.0298. The number of hydrogen-bond donors (Lipinski definition) is 1. The number of nitrogens with one attached hydrogen (secondary N) is 1. The van der Waals surface area contributed by atoms with Crippen molar-refractivity contribution in [2.45, 2.75) is 24.9 Å². The van der Waals surface area contributed by atoms with E-state index in [9.17, 15) is 4.79 Å². The fourth-order valence-electron chi connectivity index (χ4n) is 3.01. The van der Waals surface area contributed by atoms with Crippen molar-refractivity contribution < 1.29 is 4.79 Å². The van der Waals surface area contributed by atoms with Crippen molar-refractivity contribution in [3.05, 3.63) is 0 Å². The summed E-state index contributed by atoms with van der Waals surface area (Å²) in [5, 5.41) is 3.35. The largest absolute Gasteiger partial charge is 0.347 e. The van der Waals surface area contributed by atoms with Crippen molar-refractivity contribution in [3.63, 3.8) is 0 Å². The van der Waals surface area contributed by atoms with Gasteiger partial charge >= 0.3 is 0 Å². The second-order valence-electron chi connectivity index (χ2n) is 5.72. The summed E-state index contributed by atoms with van der Waals surface area (Å²) < 4.78 is 0. The molecule has 0 aromatic carbocycles. The number of amides is 1. The summed E-state index contributed by atoms with van der Waals surface area (Å²) in [5.74, 6) is 0.237. The van der Waals surface area contributed by atoms with E-state index >= 15 is 0 Å². The lowest BCUT2D eigenvalue weighted by atomic mass is 9.99. The fraction of sp³-hybridized carbons (Fsp3) is 0.923. The molecule has 2 saturated heterocycles. The Morgan fingerprint density at radius 1 is 1.22 bits per heavy atom. The number of piperazine rings is 1. The van der Waals surface area contributed by atoms with Gasteiger partial charge in [-0.25, -0.2) is 0 Å². The van der Waals surface area contributed by atoms with Crippen LogP contribution in [0.5, 0.6) is 0 Å². The number of likely N-dealkylation sites (tertiary alicyclic amines) is 1. The smallest absolute Gasteiger partial charge is 0.240 e. The molecule has 0 saturated carbocycles. The highest BCUT2D eigenvalue weighted by atomic mass is 16.2. The molecule has 1 unspecified atom stereocenters. The Bertz CT molecular complexity index is 287. The fourth-order valence-corrected chi connectivity index (χ4v) is 3.01. The van der Waals surface area contributed by atoms with Gasteiger partial charge in [0.25, 0.3) is 0 Å². The van der Waals surface area contributed by atoms with Crippen LogP contribution in [0.1, 0.15) is 12.8 Å². The summed E-state index contributed by atoms with van der Waals surface area (Å²) in [6.45, 7) is 5.10. The lowest BCUT2D eigenvalue weighted by Crippen LogP contribution is -2.61. The molecule has 0 radical (unpaired) electrons. The Morgan fingerprint density at radius 2 is 1.89 bits per heavy atom. The zero-order valence-electron chi connectivity index (χ0n) is 11.9. The molecule has 5 nitrogen and oxygen atoms in total. The first-order valence-corrected chi connectivity index (χ1v) is 6.95. The number of rotatable bonds is 2. The van der Waals surface area contributed by atoms with Gasteiger partial charge in [-0.05, 0) is 33.0 Å². The van der Waals surface area contributed by atoms with Gasteiger partial charge in [0.05, 0.1) is 0 Å². The van der Waals surface area contributed by atoms with Crippen molar-refractivity contribution in [2.75, 3.05) is 53.9 Å². The molecule has 2 fully saturated rings. The van der Waals surface area contributed by atoms with Crippen LogP contribution in [0, 0.1) is 0 Å². The van der Waals surface area contributed by atoms with Crippen molar-refractivity contribution in [2.24, 2.45) is 0 Å². The summed E-state index contributed by atoms with van der Waals surface area (Å²) in [6.07, 6.45) is 2.38. The Kier molecular flexibility index (Phi) is 4.59. The number of piperidine rings is 1. The lowest BCUT2D eigenvalue weighted by molar-refractivity contribution is -0.136. The Labute approximate surface area is 110 Å². The van der Waals surface area contributed by atoms with Crippen LogP contribution in [0.4, 0.5) is 0 Å². The van der Waals surface area contributed by atoms with E-state index in [1.807, 2.05) is 14.1 Å². The molecule has 0 aromatic rings. The molecule has 0 aromatic heterocycles. The van der Waals surface area contributed by atoms with Gasteiger partial charge in [-0.3, -0.25) is 9.69 Å². The van der Waals surface area contributed by atoms with Gasteiger partial charge in [0, 0.05) is 39.8 Å². The van der Waals surface area contributed by atoms with Gasteiger partial charge in [-0.15, -0.1) is 0 Å². The van der Waals surface area contributed by atoms with Crippen molar-refractivity contribution in [1.82, 2.24) is 20.0 Å². The molecule has 104 valence electrons. The maximum absolute atomic E-state index is 12.2. The first-order chi connectivity index (χ1) is 8.59. The number of carbonyl (C=O) groups excluding carboxylic acids is 1. The molecule has 18 heavy (non-hydrogen) atoms. The van der Waals surface area contributed by atoms with Crippen LogP contribution in [0.3, 0.4) is 0 Å². The van der Waals surface area contributed by atoms with Crippen molar-refractivity contribution in [3.8, 4) is 0 Å². The topological polar surface area (TPSA) is 38.8 Å². The first kappa shape index (κ1) is 13.8. The van der Waals surface area contributed by atoms with E-state index in [0.29, 0.717) is 6.04 Å². The van der Waals surface area contributed by atoms with Crippen LogP contribution in [0.2, 0.25) is 0 Å². The Morgan fingerprint density at radius 3 is 2.50 bits per heavy atom. The van der Waals surface area contributed by atoms with E-state index in [1.165, 1.54) is 12.8 Å². The van der Waals surface area contributed by atoms with Gasteiger partial charge in [0.1, 0.15) is 6.04 Å². The van der Waals surface area contributed by atoms with Gasteiger partial charge in [0.15, 0.2) is 0 Å². The molecule has 0 aliphatic carbocycles. The number of carbonyl (C=O) groups is 1. The summed E-state index contributed by atoms with van der Waals surface area (Å²) in [5.41, 5.74) is 0. The third-order valence-corrected chi connectivity index (χ3v) is 4.17. The second-order valence-corrected chi connectivity index (χ2v) is 5.72. The Hall–Kier alpha value is -0.650. The molecule has 2 heterocycles. The highest BCUT2D eigenvalue weighted by Crippen LogP contribution is 2.19. The number of likely N-dealkylation sites (N-methyl/N-ethyl adjacent to an activating group) is 1. The summed E-state index contributed by atoms with van der Waals surface area (Å²) in [7, 11) is 5.88. The molecule has 2 rings (SSSR count). The Balaban J connectivity index is 2.01. The molecular weight excluding hydrogens is 228 g/mol. The standard InChI is InChI=1S/C13H26N4O/c1-15(2)13(18)12-10-14-6-9-17(12)11-4-7-16(3)8-5-11/h11-12,14H,4-10H2,1-3H3. The molecular formula is C13H26N4O. The van der Waals surface area contributed by atoms with E-state index in [0.717, 1.165) is 32.7 Å². The van der Waals surface area contributed by atoms with Crippen LogP contribution in [-0.2, 0) is 4.79 Å². The maximum Gasteiger partial charge on any atom is 0.240 e. The summed E-state index contributed by atoms with van der Waals surface area (Å²) in [4.78, 5) is 18.8. The maximum atomic E-state index is 12.2. The molecule has 0 bridgehead atoms. The van der Waals surface area contributed by atoms with Gasteiger partial charge in [0.2, 0.25) is 5.91 Å². The highest BCUT2D eigenvalue weighted by molar-refractivity contribution is 5.81. The van der Waals surface area contributed by atoms with Crippen LogP contribution >= 0.6 is 0 Å². The molecule has 1 N–H and O–H groups in total. The normalized spacial score (nSPS) is 28.3. The quantitative estimate of drug-likeness (QED) is 0.717. The van der Waals surface area contributed by atoms with Crippen LogP contribution < -0.4 is 5.32 Å². The minimum atomic E-state index is 0.0298. The van der Waals surface area contributed by atoms with Gasteiger partial charge in [-0.2, -0.15) is 0 Å². The molecule has 2 aliphatic heterocycles. The molecule has 1 atom stereocenters. The minimum Gasteiger partial charge on any atom is -0.347 e. The van der Waals surface area contributed by atoms with Crippen LogP contribution in [0.25, 0.3) is 0 Å². The second kappa shape index (κ2) is 5.99.